The SMILES string of the molecule is CNC(=O)C(C)N(Cc1ccccc1C)C(=O)CN(c1cccc(C)c1)S(C)(=O)=O. The van der Waals surface area contributed by atoms with Gasteiger partial charge in [-0.05, 0) is 49.6 Å². The lowest BCUT2D eigenvalue weighted by atomic mass is 10.1. The largest absolute Gasteiger partial charge is 0.357 e. The molecule has 7 nitrogen and oxygen atoms in total. The van der Waals surface area contributed by atoms with Crippen molar-refractivity contribution < 1.29 is 18.0 Å². The molecule has 1 atom stereocenters. The first-order valence-corrected chi connectivity index (χ1v) is 11.5. The van der Waals surface area contributed by atoms with E-state index in [1.54, 1.807) is 25.1 Å². The molecule has 0 aliphatic rings. The van der Waals surface area contributed by atoms with Crippen LogP contribution in [0.2, 0.25) is 0 Å². The molecule has 0 bridgehead atoms. The number of hydrogen-bond donors (Lipinski definition) is 1. The van der Waals surface area contributed by atoms with Crippen LogP contribution in [-0.2, 0) is 26.2 Å². The number of amides is 2. The average molecular weight is 432 g/mol. The molecule has 0 aromatic heterocycles. The van der Waals surface area contributed by atoms with Gasteiger partial charge in [-0.15, -0.1) is 0 Å². The minimum Gasteiger partial charge on any atom is -0.357 e. The number of nitrogens with one attached hydrogen (secondary N) is 1. The Morgan fingerprint density at radius 2 is 1.73 bits per heavy atom. The highest BCUT2D eigenvalue weighted by atomic mass is 32.2. The maximum atomic E-state index is 13.3. The fourth-order valence-corrected chi connectivity index (χ4v) is 4.00. The summed E-state index contributed by atoms with van der Waals surface area (Å²) in [5.74, 6) is -0.778. The third-order valence-electron chi connectivity index (χ3n) is 4.98. The summed E-state index contributed by atoms with van der Waals surface area (Å²) in [6.45, 7) is 5.22. The molecule has 0 heterocycles. The van der Waals surface area contributed by atoms with Crippen molar-refractivity contribution in [1.82, 2.24) is 10.2 Å². The molecule has 1 unspecified atom stereocenters. The first-order valence-electron chi connectivity index (χ1n) is 9.64. The van der Waals surface area contributed by atoms with Crippen molar-refractivity contribution >= 4 is 27.5 Å². The summed E-state index contributed by atoms with van der Waals surface area (Å²) in [4.78, 5) is 27.0. The molecule has 2 aromatic carbocycles. The molecular weight excluding hydrogens is 402 g/mol. The highest BCUT2D eigenvalue weighted by Crippen LogP contribution is 2.20. The summed E-state index contributed by atoms with van der Waals surface area (Å²) in [6.07, 6.45) is 1.07. The van der Waals surface area contributed by atoms with Crippen molar-refractivity contribution in [2.24, 2.45) is 0 Å². The third-order valence-corrected chi connectivity index (χ3v) is 6.13. The van der Waals surface area contributed by atoms with Gasteiger partial charge in [0.2, 0.25) is 21.8 Å². The zero-order chi connectivity index (χ0) is 22.5. The second-order valence-electron chi connectivity index (χ2n) is 7.35. The summed E-state index contributed by atoms with van der Waals surface area (Å²) in [7, 11) is -2.21. The maximum absolute atomic E-state index is 13.3. The van der Waals surface area contributed by atoms with E-state index in [2.05, 4.69) is 5.32 Å². The number of sulfonamides is 1. The number of likely N-dealkylation sites (N-methyl/N-ethyl adjacent to an activating group) is 1. The number of benzene rings is 2. The minimum atomic E-state index is -3.71. The van der Waals surface area contributed by atoms with Crippen molar-refractivity contribution in [1.29, 1.82) is 0 Å². The van der Waals surface area contributed by atoms with Crippen LogP contribution >= 0.6 is 0 Å². The third kappa shape index (κ3) is 5.82. The smallest absolute Gasteiger partial charge is 0.244 e. The molecule has 8 heteroatoms. The van der Waals surface area contributed by atoms with Gasteiger partial charge in [-0.2, -0.15) is 0 Å². The monoisotopic (exact) mass is 431 g/mol. The molecule has 1 N–H and O–H groups in total. The Hall–Kier alpha value is -2.87. The van der Waals surface area contributed by atoms with Crippen molar-refractivity contribution in [2.45, 2.75) is 33.4 Å². The highest BCUT2D eigenvalue weighted by Gasteiger charge is 2.29. The molecule has 162 valence electrons. The Kier molecular flexibility index (Phi) is 7.61. The van der Waals surface area contributed by atoms with E-state index in [4.69, 9.17) is 0 Å². The van der Waals surface area contributed by atoms with Crippen LogP contribution in [0.25, 0.3) is 0 Å². The Morgan fingerprint density at radius 1 is 1.07 bits per heavy atom. The van der Waals surface area contributed by atoms with E-state index in [-0.39, 0.29) is 12.5 Å². The van der Waals surface area contributed by atoms with Gasteiger partial charge < -0.3 is 10.2 Å². The van der Waals surface area contributed by atoms with Gasteiger partial charge in [0.05, 0.1) is 11.9 Å². The predicted molar refractivity (Wildman–Crippen MR) is 119 cm³/mol. The van der Waals surface area contributed by atoms with Gasteiger partial charge in [0.1, 0.15) is 12.6 Å². The lowest BCUT2D eigenvalue weighted by Gasteiger charge is -2.31. The Bertz CT molecular complexity index is 1020. The molecule has 0 spiro atoms. The average Bonchev–Trinajstić information content (AvgIpc) is 2.69. The molecular formula is C22H29N3O4S. The van der Waals surface area contributed by atoms with Gasteiger partial charge in [0.25, 0.3) is 0 Å². The molecule has 0 fully saturated rings. The number of carbonyl (C=O) groups is 2. The zero-order valence-electron chi connectivity index (χ0n) is 18.0. The molecule has 0 saturated carbocycles. The fraction of sp³-hybridized carbons (Fsp3) is 0.364. The summed E-state index contributed by atoms with van der Waals surface area (Å²) in [5.41, 5.74) is 3.17. The molecule has 2 rings (SSSR count). The van der Waals surface area contributed by atoms with Crippen LogP contribution in [-0.4, -0.2) is 51.0 Å². The first-order chi connectivity index (χ1) is 14.0. The molecule has 0 saturated heterocycles. The van der Waals surface area contributed by atoms with Crippen molar-refractivity contribution in [3.05, 3.63) is 65.2 Å². The van der Waals surface area contributed by atoms with Crippen LogP contribution in [0.5, 0.6) is 0 Å². The maximum Gasteiger partial charge on any atom is 0.244 e. The lowest BCUT2D eigenvalue weighted by Crippen LogP contribution is -2.50. The minimum absolute atomic E-state index is 0.200. The summed E-state index contributed by atoms with van der Waals surface area (Å²) in [5, 5.41) is 2.56. The second kappa shape index (κ2) is 9.75. The Labute approximate surface area is 178 Å². The topological polar surface area (TPSA) is 86.8 Å². The Balaban J connectivity index is 2.40. The van der Waals surface area contributed by atoms with Crippen molar-refractivity contribution in [2.75, 3.05) is 24.2 Å². The van der Waals surface area contributed by atoms with Crippen molar-refractivity contribution in [3.8, 4) is 0 Å². The van der Waals surface area contributed by atoms with E-state index < -0.39 is 28.5 Å². The zero-order valence-corrected chi connectivity index (χ0v) is 18.9. The van der Waals surface area contributed by atoms with E-state index in [1.807, 2.05) is 44.2 Å². The molecule has 2 aromatic rings. The fourth-order valence-electron chi connectivity index (χ4n) is 3.16. The molecule has 0 aliphatic heterocycles. The standard InChI is InChI=1S/C22H29N3O4S/c1-16-9-8-12-20(13-16)25(30(5,28)29)15-21(26)24(18(3)22(27)23-4)14-19-11-7-6-10-17(19)2/h6-13,18H,14-15H2,1-5H3,(H,23,27). The number of hydrogen-bond acceptors (Lipinski definition) is 4. The van der Waals surface area contributed by atoms with E-state index in [1.165, 1.54) is 11.9 Å². The second-order valence-corrected chi connectivity index (χ2v) is 9.25. The van der Waals surface area contributed by atoms with Gasteiger partial charge >= 0.3 is 0 Å². The quantitative estimate of drug-likeness (QED) is 0.694. The number of rotatable bonds is 8. The number of anilines is 1. The van der Waals surface area contributed by atoms with E-state index in [0.717, 1.165) is 27.3 Å². The van der Waals surface area contributed by atoms with Crippen LogP contribution in [0.15, 0.2) is 48.5 Å². The van der Waals surface area contributed by atoms with Crippen LogP contribution in [0, 0.1) is 13.8 Å². The van der Waals surface area contributed by atoms with Crippen LogP contribution in [0.3, 0.4) is 0 Å². The van der Waals surface area contributed by atoms with Gasteiger partial charge in [0.15, 0.2) is 0 Å². The van der Waals surface area contributed by atoms with Gasteiger partial charge in [-0.3, -0.25) is 13.9 Å². The lowest BCUT2D eigenvalue weighted by molar-refractivity contribution is -0.139. The van der Waals surface area contributed by atoms with Crippen LogP contribution in [0.1, 0.15) is 23.6 Å². The van der Waals surface area contributed by atoms with Gasteiger partial charge in [-0.25, -0.2) is 8.42 Å². The molecule has 0 aliphatic carbocycles. The first kappa shape index (κ1) is 23.4. The summed E-state index contributed by atoms with van der Waals surface area (Å²) < 4.78 is 26.0. The van der Waals surface area contributed by atoms with Gasteiger partial charge in [-0.1, -0.05) is 36.4 Å². The highest BCUT2D eigenvalue weighted by molar-refractivity contribution is 7.92. The summed E-state index contributed by atoms with van der Waals surface area (Å²) in [6, 6.07) is 13.8. The van der Waals surface area contributed by atoms with Crippen LogP contribution in [0.4, 0.5) is 5.69 Å². The number of aryl methyl sites for hydroxylation is 2. The number of nitrogens with zero attached hydrogens (tertiary/aromatic N) is 2. The number of carbonyl (C=O) groups excluding carboxylic acids is 2. The van der Waals surface area contributed by atoms with E-state index in [0.29, 0.717) is 5.69 Å². The van der Waals surface area contributed by atoms with E-state index in [9.17, 15) is 18.0 Å². The van der Waals surface area contributed by atoms with Gasteiger partial charge in [0, 0.05) is 13.6 Å². The normalized spacial score (nSPS) is 12.2. The summed E-state index contributed by atoms with van der Waals surface area (Å²) >= 11 is 0. The van der Waals surface area contributed by atoms with Crippen LogP contribution < -0.4 is 9.62 Å². The Morgan fingerprint density at radius 3 is 2.30 bits per heavy atom. The predicted octanol–water partition coefficient (Wildman–Crippen LogP) is 2.23. The molecule has 30 heavy (non-hydrogen) atoms. The molecule has 2 amide bonds. The van der Waals surface area contributed by atoms with E-state index >= 15 is 0 Å². The molecule has 0 radical (unpaired) electrons. The van der Waals surface area contributed by atoms with Crippen molar-refractivity contribution in [3.63, 3.8) is 0 Å².